The number of nitrogens with two attached hydrogens (primary N) is 2. The summed E-state index contributed by atoms with van der Waals surface area (Å²) in [5, 5.41) is 4.29. The Morgan fingerprint density at radius 3 is 2.56 bits per heavy atom. The number of rotatable bonds is 6. The van der Waals surface area contributed by atoms with Gasteiger partial charge in [0.15, 0.2) is 5.76 Å². The molecule has 2 aromatic heterocycles. The van der Waals surface area contributed by atoms with Gasteiger partial charge in [-0.3, -0.25) is 9.48 Å². The average Bonchev–Trinajstić information content (AvgIpc) is 3.13. The molecular formula is C19H20ClFN4O2. The summed E-state index contributed by atoms with van der Waals surface area (Å²) in [5.41, 5.74) is 15.1. The third-order valence-corrected chi connectivity index (χ3v) is 4.84. The van der Waals surface area contributed by atoms with Crippen molar-refractivity contribution < 1.29 is 13.6 Å². The number of hydrogen-bond acceptors (Lipinski definition) is 4. The lowest BCUT2D eigenvalue weighted by Crippen LogP contribution is -2.20. The minimum Gasteiger partial charge on any atom is -0.438 e. The lowest BCUT2D eigenvalue weighted by molar-refractivity contribution is 0.0972. The molecular weight excluding hydrogens is 371 g/mol. The van der Waals surface area contributed by atoms with E-state index in [1.54, 1.807) is 30.1 Å². The van der Waals surface area contributed by atoms with Crippen LogP contribution in [0.5, 0.6) is 0 Å². The topological polar surface area (TPSA) is 100 Å². The molecule has 1 amide bonds. The quantitative estimate of drug-likeness (QED) is 0.675. The molecule has 0 saturated carbocycles. The summed E-state index contributed by atoms with van der Waals surface area (Å²) in [6.45, 7) is 2.11. The number of nitrogens with zero attached hydrogens (tertiary/aromatic N) is 2. The summed E-state index contributed by atoms with van der Waals surface area (Å²) in [5.74, 6) is -1.37. The SMILES string of the molecule is Cc1cnn(C)c1-c1c(Cl)oc(C(N)=O)c1[C@@H](CN)Cc1ccc(F)cc1. The normalized spacial score (nSPS) is 12.3. The summed E-state index contributed by atoms with van der Waals surface area (Å²) >= 11 is 6.35. The molecule has 6 nitrogen and oxygen atoms in total. The van der Waals surface area contributed by atoms with E-state index in [0.29, 0.717) is 17.5 Å². The zero-order chi connectivity index (χ0) is 19.7. The highest BCUT2D eigenvalue weighted by Crippen LogP contribution is 2.42. The minimum absolute atomic E-state index is 0.0202. The summed E-state index contributed by atoms with van der Waals surface area (Å²) < 4.78 is 20.4. The first-order valence-corrected chi connectivity index (χ1v) is 8.76. The number of carbonyl (C=O) groups is 1. The molecule has 0 fully saturated rings. The van der Waals surface area contributed by atoms with Gasteiger partial charge < -0.3 is 15.9 Å². The van der Waals surface area contributed by atoms with Crippen LogP contribution in [-0.4, -0.2) is 22.2 Å². The second-order valence-electron chi connectivity index (χ2n) is 6.42. The van der Waals surface area contributed by atoms with Gasteiger partial charge in [-0.15, -0.1) is 0 Å². The van der Waals surface area contributed by atoms with Crippen LogP contribution in [0.25, 0.3) is 11.3 Å². The predicted octanol–water partition coefficient (Wildman–Crippen LogP) is 3.16. The molecule has 0 aliphatic carbocycles. The maximum atomic E-state index is 13.2. The van der Waals surface area contributed by atoms with E-state index < -0.39 is 5.91 Å². The molecule has 0 aliphatic heterocycles. The van der Waals surface area contributed by atoms with Crippen LogP contribution in [-0.2, 0) is 13.5 Å². The summed E-state index contributed by atoms with van der Waals surface area (Å²) in [4.78, 5) is 12.0. The van der Waals surface area contributed by atoms with Crippen LogP contribution in [0.2, 0.25) is 5.22 Å². The van der Waals surface area contributed by atoms with Gasteiger partial charge in [-0.25, -0.2) is 4.39 Å². The monoisotopic (exact) mass is 390 g/mol. The fourth-order valence-corrected chi connectivity index (χ4v) is 3.59. The van der Waals surface area contributed by atoms with E-state index in [0.717, 1.165) is 16.8 Å². The molecule has 4 N–H and O–H groups in total. The Morgan fingerprint density at radius 2 is 2.04 bits per heavy atom. The van der Waals surface area contributed by atoms with Crippen molar-refractivity contribution in [3.05, 3.63) is 63.9 Å². The van der Waals surface area contributed by atoms with Crippen molar-refractivity contribution in [2.75, 3.05) is 6.54 Å². The van der Waals surface area contributed by atoms with E-state index >= 15 is 0 Å². The van der Waals surface area contributed by atoms with Gasteiger partial charge in [0.05, 0.1) is 17.5 Å². The van der Waals surface area contributed by atoms with Crippen LogP contribution in [0.4, 0.5) is 4.39 Å². The van der Waals surface area contributed by atoms with Crippen LogP contribution in [0.15, 0.2) is 34.9 Å². The van der Waals surface area contributed by atoms with Gasteiger partial charge in [0.25, 0.3) is 5.91 Å². The summed E-state index contributed by atoms with van der Waals surface area (Å²) in [6, 6.07) is 6.12. The molecule has 3 rings (SSSR count). The van der Waals surface area contributed by atoms with E-state index in [1.165, 1.54) is 12.1 Å². The smallest absolute Gasteiger partial charge is 0.284 e. The number of carbonyl (C=O) groups excluding carboxylic acids is 1. The Labute approximate surface area is 160 Å². The van der Waals surface area contributed by atoms with Gasteiger partial charge in [-0.1, -0.05) is 12.1 Å². The molecule has 8 heteroatoms. The van der Waals surface area contributed by atoms with Crippen LogP contribution >= 0.6 is 11.6 Å². The van der Waals surface area contributed by atoms with Crippen LogP contribution in [0.1, 0.15) is 33.2 Å². The number of hydrogen-bond donors (Lipinski definition) is 2. The van der Waals surface area contributed by atoms with E-state index in [2.05, 4.69) is 5.10 Å². The molecule has 0 saturated heterocycles. The van der Waals surface area contributed by atoms with Gasteiger partial charge in [-0.05, 0) is 54.7 Å². The molecule has 1 aromatic carbocycles. The lowest BCUT2D eigenvalue weighted by Gasteiger charge is -2.17. The third kappa shape index (κ3) is 3.61. The van der Waals surface area contributed by atoms with Crippen molar-refractivity contribution >= 4 is 17.5 Å². The fourth-order valence-electron chi connectivity index (χ4n) is 3.32. The second-order valence-corrected chi connectivity index (χ2v) is 6.76. The van der Waals surface area contributed by atoms with Gasteiger partial charge in [0.2, 0.25) is 5.22 Å². The highest BCUT2D eigenvalue weighted by molar-refractivity contribution is 6.32. The zero-order valence-corrected chi connectivity index (χ0v) is 15.8. The maximum Gasteiger partial charge on any atom is 0.284 e. The van der Waals surface area contributed by atoms with Gasteiger partial charge in [-0.2, -0.15) is 5.10 Å². The Kier molecular flexibility index (Phi) is 5.34. The molecule has 1 atom stereocenters. The number of furan rings is 1. The van der Waals surface area contributed by atoms with Crippen molar-refractivity contribution in [1.82, 2.24) is 9.78 Å². The van der Waals surface area contributed by atoms with Crippen molar-refractivity contribution in [3.63, 3.8) is 0 Å². The van der Waals surface area contributed by atoms with Crippen LogP contribution in [0.3, 0.4) is 0 Å². The molecule has 2 heterocycles. The number of halogens is 2. The van der Waals surface area contributed by atoms with Gasteiger partial charge in [0.1, 0.15) is 5.82 Å². The molecule has 27 heavy (non-hydrogen) atoms. The maximum absolute atomic E-state index is 13.2. The van der Waals surface area contributed by atoms with E-state index in [4.69, 9.17) is 27.5 Å². The molecule has 0 aliphatic rings. The molecule has 0 radical (unpaired) electrons. The van der Waals surface area contributed by atoms with Gasteiger partial charge in [0, 0.05) is 18.5 Å². The third-order valence-electron chi connectivity index (χ3n) is 4.57. The molecule has 0 unspecified atom stereocenters. The van der Waals surface area contributed by atoms with Crippen molar-refractivity contribution in [1.29, 1.82) is 0 Å². The first-order chi connectivity index (χ1) is 12.8. The van der Waals surface area contributed by atoms with Crippen LogP contribution in [0, 0.1) is 12.7 Å². The predicted molar refractivity (Wildman–Crippen MR) is 101 cm³/mol. The van der Waals surface area contributed by atoms with E-state index in [9.17, 15) is 9.18 Å². The first kappa shape index (κ1) is 19.1. The number of primary amides is 1. The van der Waals surface area contributed by atoms with E-state index in [-0.39, 0.29) is 29.3 Å². The zero-order valence-electron chi connectivity index (χ0n) is 15.0. The number of amides is 1. The molecule has 142 valence electrons. The number of aromatic nitrogens is 2. The lowest BCUT2D eigenvalue weighted by atomic mass is 9.88. The van der Waals surface area contributed by atoms with Crippen molar-refractivity contribution in [2.24, 2.45) is 18.5 Å². The van der Waals surface area contributed by atoms with Crippen molar-refractivity contribution in [2.45, 2.75) is 19.3 Å². The molecule has 0 spiro atoms. The fraction of sp³-hybridized carbons (Fsp3) is 0.263. The highest BCUT2D eigenvalue weighted by atomic mass is 35.5. The highest BCUT2D eigenvalue weighted by Gasteiger charge is 2.31. The van der Waals surface area contributed by atoms with Crippen LogP contribution < -0.4 is 11.5 Å². The van der Waals surface area contributed by atoms with Crippen molar-refractivity contribution in [3.8, 4) is 11.3 Å². The van der Waals surface area contributed by atoms with Gasteiger partial charge >= 0.3 is 0 Å². The van der Waals surface area contributed by atoms with E-state index in [1.807, 2.05) is 6.92 Å². The minimum atomic E-state index is -0.726. The Morgan fingerprint density at radius 1 is 1.37 bits per heavy atom. The Balaban J connectivity index is 2.16. The molecule has 3 aromatic rings. The number of benzene rings is 1. The largest absolute Gasteiger partial charge is 0.438 e. The Hall–Kier alpha value is -2.64. The Bertz CT molecular complexity index is 959. The summed E-state index contributed by atoms with van der Waals surface area (Å²) in [7, 11) is 1.77. The average molecular weight is 391 g/mol. The standard InChI is InChI=1S/C19H20ClFN4O2/c1-10-9-24-25(2)16(10)15-14(17(19(23)26)27-18(15)20)12(8-22)7-11-3-5-13(21)6-4-11/h3-6,9,12H,7-8,22H2,1-2H3,(H2,23,26)/t12-/m1/s1. The molecule has 0 bridgehead atoms. The number of aryl methyl sites for hydroxylation is 2. The summed E-state index contributed by atoms with van der Waals surface area (Å²) in [6.07, 6.45) is 2.17. The second kappa shape index (κ2) is 7.54. The first-order valence-electron chi connectivity index (χ1n) is 8.39.